The minimum atomic E-state index is -0.245. The molecule has 1 aliphatic heterocycles. The molecule has 160 valence electrons. The van der Waals surface area contributed by atoms with Gasteiger partial charge >= 0.3 is 0 Å². The number of aromatic nitrogens is 3. The van der Waals surface area contributed by atoms with Crippen molar-refractivity contribution in [2.45, 2.75) is 33.3 Å². The summed E-state index contributed by atoms with van der Waals surface area (Å²) in [7, 11) is 0. The number of nitrogens with one attached hydrogen (secondary N) is 1. The smallest absolute Gasteiger partial charge is 0.271 e. The number of benzene rings is 2. The average molecular weight is 425 g/mol. The Balaban J connectivity index is 1.37. The number of hydrogen-bond acceptors (Lipinski definition) is 5. The third kappa shape index (κ3) is 3.91. The Bertz CT molecular complexity index is 1330. The lowest BCUT2D eigenvalue weighted by Crippen LogP contribution is -2.34. The Hall–Kier alpha value is -3.80. The molecule has 32 heavy (non-hydrogen) atoms. The largest absolute Gasteiger partial charge is 0.487 e. The van der Waals surface area contributed by atoms with E-state index in [2.05, 4.69) is 63.6 Å². The minimum Gasteiger partial charge on any atom is -0.487 e. The van der Waals surface area contributed by atoms with Crippen molar-refractivity contribution in [3.63, 3.8) is 0 Å². The molecule has 1 atom stereocenters. The zero-order valence-corrected chi connectivity index (χ0v) is 18.3. The van der Waals surface area contributed by atoms with Crippen LogP contribution in [0, 0.1) is 20.8 Å². The number of carbonyl (C=O) groups is 1. The first-order valence-electron chi connectivity index (χ1n) is 10.7. The molecule has 0 saturated carbocycles. The van der Waals surface area contributed by atoms with E-state index in [1.54, 1.807) is 6.20 Å². The molecule has 0 aliphatic carbocycles. The van der Waals surface area contributed by atoms with Gasteiger partial charge in [0.1, 0.15) is 17.5 Å². The summed E-state index contributed by atoms with van der Waals surface area (Å²) in [5.41, 5.74) is 7.59. The molecular weight excluding hydrogens is 400 g/mol. The van der Waals surface area contributed by atoms with Crippen molar-refractivity contribution >= 4 is 16.8 Å². The Kier molecular flexibility index (Phi) is 5.05. The van der Waals surface area contributed by atoms with Crippen LogP contribution < -0.4 is 10.1 Å². The maximum Gasteiger partial charge on any atom is 0.271 e. The van der Waals surface area contributed by atoms with Gasteiger partial charge in [-0.25, -0.2) is 4.98 Å². The van der Waals surface area contributed by atoms with Crippen molar-refractivity contribution in [1.29, 1.82) is 0 Å². The predicted octanol–water partition coefficient (Wildman–Crippen LogP) is 4.35. The van der Waals surface area contributed by atoms with Crippen molar-refractivity contribution in [3.05, 3.63) is 83.1 Å². The fourth-order valence-electron chi connectivity index (χ4n) is 4.12. The van der Waals surface area contributed by atoms with Gasteiger partial charge in [-0.1, -0.05) is 18.2 Å². The Morgan fingerprint density at radius 1 is 1.03 bits per heavy atom. The molecule has 0 radical (unpaired) electrons. The molecule has 2 aromatic carbocycles. The van der Waals surface area contributed by atoms with Crippen LogP contribution in [0.2, 0.25) is 0 Å². The number of amides is 1. The van der Waals surface area contributed by atoms with Crippen LogP contribution in [0.15, 0.2) is 54.9 Å². The Labute approximate surface area is 186 Å². The molecule has 0 spiro atoms. The fraction of sp³-hybridized carbons (Fsp3) is 0.231. The molecule has 3 heterocycles. The van der Waals surface area contributed by atoms with Crippen LogP contribution in [0.25, 0.3) is 22.0 Å². The summed E-state index contributed by atoms with van der Waals surface area (Å²) in [6.45, 7) is 6.34. The monoisotopic (exact) mass is 424 g/mol. The molecular formula is C26H24N4O2. The lowest BCUT2D eigenvalue weighted by Gasteiger charge is -2.14. The summed E-state index contributed by atoms with van der Waals surface area (Å²) in [5.74, 6) is 0.648. The van der Waals surface area contributed by atoms with Gasteiger partial charge in [-0.2, -0.15) is 0 Å². The number of aryl methyl sites for hydroxylation is 3. The van der Waals surface area contributed by atoms with E-state index >= 15 is 0 Å². The van der Waals surface area contributed by atoms with E-state index in [4.69, 9.17) is 4.74 Å². The maximum absolute atomic E-state index is 12.4. The zero-order valence-electron chi connectivity index (χ0n) is 18.3. The van der Waals surface area contributed by atoms with Gasteiger partial charge in [-0.05, 0) is 61.7 Å². The first-order valence-corrected chi connectivity index (χ1v) is 10.7. The number of pyridine rings is 1. The molecule has 4 aromatic rings. The van der Waals surface area contributed by atoms with Gasteiger partial charge in [-0.3, -0.25) is 14.8 Å². The summed E-state index contributed by atoms with van der Waals surface area (Å²) < 4.78 is 6.32. The highest BCUT2D eigenvalue weighted by Gasteiger charge is 2.27. The number of fused-ring (bicyclic) bond motifs is 2. The van der Waals surface area contributed by atoms with Gasteiger partial charge in [0.25, 0.3) is 5.91 Å². The second-order valence-corrected chi connectivity index (χ2v) is 8.36. The number of ether oxygens (including phenoxy) is 1. The number of carbonyl (C=O) groups excluding carboxylic acids is 1. The van der Waals surface area contributed by atoms with Crippen LogP contribution in [0.3, 0.4) is 0 Å². The van der Waals surface area contributed by atoms with Gasteiger partial charge < -0.3 is 10.1 Å². The van der Waals surface area contributed by atoms with Crippen LogP contribution in [0.4, 0.5) is 0 Å². The highest BCUT2D eigenvalue weighted by atomic mass is 16.5. The number of nitrogens with zero attached hydrogens (tertiary/aromatic N) is 3. The first-order chi connectivity index (χ1) is 15.5. The van der Waals surface area contributed by atoms with E-state index in [1.807, 2.05) is 19.9 Å². The van der Waals surface area contributed by atoms with E-state index in [-0.39, 0.29) is 12.0 Å². The van der Waals surface area contributed by atoms with Crippen LogP contribution in [-0.4, -0.2) is 33.5 Å². The van der Waals surface area contributed by atoms with Gasteiger partial charge in [0.15, 0.2) is 0 Å². The molecule has 6 heteroatoms. The Morgan fingerprint density at radius 3 is 2.72 bits per heavy atom. The zero-order chi connectivity index (χ0) is 22.2. The lowest BCUT2D eigenvalue weighted by atomic mass is 9.97. The van der Waals surface area contributed by atoms with Crippen molar-refractivity contribution in [2.24, 2.45) is 0 Å². The molecule has 0 bridgehead atoms. The second-order valence-electron chi connectivity index (χ2n) is 8.36. The van der Waals surface area contributed by atoms with E-state index < -0.39 is 0 Å². The van der Waals surface area contributed by atoms with Gasteiger partial charge in [0.2, 0.25) is 0 Å². The average Bonchev–Trinajstić information content (AvgIpc) is 3.19. The molecule has 5 rings (SSSR count). The number of hydrogen-bond donors (Lipinski definition) is 1. The molecule has 6 nitrogen and oxygen atoms in total. The second kappa shape index (κ2) is 8.04. The van der Waals surface area contributed by atoms with Crippen LogP contribution >= 0.6 is 0 Å². The van der Waals surface area contributed by atoms with Crippen LogP contribution in [0.5, 0.6) is 5.75 Å². The Morgan fingerprint density at radius 2 is 1.91 bits per heavy atom. The van der Waals surface area contributed by atoms with Crippen molar-refractivity contribution in [2.75, 3.05) is 6.54 Å². The third-order valence-corrected chi connectivity index (χ3v) is 5.69. The highest BCUT2D eigenvalue weighted by Crippen LogP contribution is 2.40. The van der Waals surface area contributed by atoms with Crippen molar-refractivity contribution < 1.29 is 9.53 Å². The maximum atomic E-state index is 12.4. The van der Waals surface area contributed by atoms with E-state index in [9.17, 15) is 4.79 Å². The van der Waals surface area contributed by atoms with Gasteiger partial charge in [0.05, 0.1) is 24.0 Å². The molecule has 2 aromatic heterocycles. The lowest BCUT2D eigenvalue weighted by molar-refractivity contribution is 0.0928. The molecule has 1 amide bonds. The quantitative estimate of drug-likeness (QED) is 0.527. The summed E-state index contributed by atoms with van der Waals surface area (Å²) in [5, 5.41) is 4.03. The molecule has 1 N–H and O–H groups in total. The van der Waals surface area contributed by atoms with E-state index in [0.717, 1.165) is 51.2 Å². The van der Waals surface area contributed by atoms with Gasteiger partial charge in [0, 0.05) is 29.3 Å². The topological polar surface area (TPSA) is 77.0 Å². The summed E-state index contributed by atoms with van der Waals surface area (Å²) >= 11 is 0. The molecule has 1 aliphatic rings. The van der Waals surface area contributed by atoms with Crippen molar-refractivity contribution in [1.82, 2.24) is 20.3 Å². The molecule has 0 fully saturated rings. The van der Waals surface area contributed by atoms with Crippen molar-refractivity contribution in [3.8, 4) is 16.9 Å². The molecule has 1 unspecified atom stereocenters. The minimum absolute atomic E-state index is 0.127. The summed E-state index contributed by atoms with van der Waals surface area (Å²) in [4.78, 5) is 25.3. The summed E-state index contributed by atoms with van der Waals surface area (Å²) in [6, 6.07) is 14.8. The predicted molar refractivity (Wildman–Crippen MR) is 124 cm³/mol. The van der Waals surface area contributed by atoms with E-state index in [1.165, 1.54) is 11.8 Å². The standard InChI is InChI=1S/C26H24N4O2/c1-15-8-20-11-21(13-29-26(31)24-14-27-17(3)12-28-24)32-25(20)22(9-15)18-6-7-23-19(10-18)5-4-16(2)30-23/h4-10,12,14,21H,11,13H2,1-3H3,(H,29,31). The normalized spacial score (nSPS) is 14.8. The van der Waals surface area contributed by atoms with Gasteiger partial charge in [-0.15, -0.1) is 0 Å². The third-order valence-electron chi connectivity index (χ3n) is 5.69. The number of rotatable bonds is 4. The fourth-order valence-corrected chi connectivity index (χ4v) is 4.12. The SMILES string of the molecule is Cc1cc2c(c(-c3ccc4nc(C)ccc4c3)c1)OC(CNC(=O)c1cnc(C)cn1)C2. The highest BCUT2D eigenvalue weighted by molar-refractivity contribution is 5.92. The van der Waals surface area contributed by atoms with E-state index in [0.29, 0.717) is 12.2 Å². The van der Waals surface area contributed by atoms with Crippen LogP contribution in [-0.2, 0) is 6.42 Å². The first kappa shape index (κ1) is 20.1. The molecule has 0 saturated heterocycles. The van der Waals surface area contributed by atoms with Crippen LogP contribution in [0.1, 0.15) is 33.0 Å². The summed E-state index contributed by atoms with van der Waals surface area (Å²) in [6.07, 6.45) is 3.70.